The van der Waals surface area contributed by atoms with Gasteiger partial charge in [0, 0.05) is 31.3 Å². The molecule has 9 heteroatoms. The first-order chi connectivity index (χ1) is 13.0. The lowest BCUT2D eigenvalue weighted by Crippen LogP contribution is -2.33. The number of carbonyl (C=O) groups is 2. The second-order valence-corrected chi connectivity index (χ2v) is 6.34. The molecule has 2 atom stereocenters. The summed E-state index contributed by atoms with van der Waals surface area (Å²) in [6, 6.07) is 4.15. The van der Waals surface area contributed by atoms with Crippen LogP contribution < -0.4 is 10.6 Å². The lowest BCUT2D eigenvalue weighted by Gasteiger charge is -2.14. The number of ether oxygens (including phenoxy) is 2. The number of carbonyl (C=O) groups excluding carboxylic acids is 2. The molecular weight excluding hydrogens is 354 g/mol. The number of rotatable bonds is 9. The predicted molar refractivity (Wildman–Crippen MR) is 98.7 cm³/mol. The summed E-state index contributed by atoms with van der Waals surface area (Å²) in [5.41, 5.74) is 0.366. The molecule has 0 bridgehead atoms. The van der Waals surface area contributed by atoms with Crippen LogP contribution in [0.3, 0.4) is 0 Å². The van der Waals surface area contributed by atoms with Crippen molar-refractivity contribution in [3.8, 4) is 0 Å². The van der Waals surface area contributed by atoms with Crippen molar-refractivity contribution >= 4 is 23.3 Å². The van der Waals surface area contributed by atoms with E-state index < -0.39 is 10.8 Å². The van der Waals surface area contributed by atoms with Gasteiger partial charge in [-0.25, -0.2) is 0 Å². The fraction of sp³-hybridized carbons (Fsp3) is 0.556. The number of methoxy groups -OCH3 is 1. The minimum Gasteiger partial charge on any atom is -0.466 e. The van der Waals surface area contributed by atoms with Crippen molar-refractivity contribution in [1.29, 1.82) is 0 Å². The topological polar surface area (TPSA) is 120 Å². The first kappa shape index (κ1) is 20.6. The average Bonchev–Trinajstić information content (AvgIpc) is 3.10. The molecule has 1 saturated carbocycles. The number of nitrogens with zero attached hydrogens (tertiary/aromatic N) is 1. The molecule has 0 aromatic heterocycles. The van der Waals surface area contributed by atoms with Crippen LogP contribution in [0.25, 0.3) is 0 Å². The van der Waals surface area contributed by atoms with Crippen LogP contribution in [0.1, 0.15) is 36.5 Å². The average molecular weight is 379 g/mol. The molecule has 0 heterocycles. The van der Waals surface area contributed by atoms with Crippen molar-refractivity contribution < 1.29 is 24.0 Å². The Morgan fingerprint density at radius 1 is 1.33 bits per heavy atom. The highest BCUT2D eigenvalue weighted by molar-refractivity contribution is 5.96. The van der Waals surface area contributed by atoms with Gasteiger partial charge in [-0.3, -0.25) is 19.7 Å². The second kappa shape index (κ2) is 9.86. The first-order valence-electron chi connectivity index (χ1n) is 8.95. The Bertz CT molecular complexity index is 694. The van der Waals surface area contributed by atoms with Gasteiger partial charge in [-0.05, 0) is 38.3 Å². The maximum atomic E-state index is 12.5. The Hall–Kier alpha value is -2.68. The molecule has 0 aliphatic heterocycles. The van der Waals surface area contributed by atoms with Crippen LogP contribution in [0, 0.1) is 16.0 Å². The Kier molecular flexibility index (Phi) is 7.54. The van der Waals surface area contributed by atoms with E-state index in [0.717, 1.165) is 0 Å². The van der Waals surface area contributed by atoms with E-state index in [9.17, 15) is 19.7 Å². The molecule has 148 valence electrons. The fourth-order valence-corrected chi connectivity index (χ4v) is 3.12. The zero-order valence-corrected chi connectivity index (χ0v) is 15.5. The molecule has 27 heavy (non-hydrogen) atoms. The van der Waals surface area contributed by atoms with Crippen LogP contribution in [0.15, 0.2) is 18.2 Å². The SMILES string of the molecule is CCOC(=O)[C@H]1CC[C@H](NC(=O)c2ccc(NCCOC)c([N+](=O)[O-])c2)C1. The molecule has 0 unspecified atom stereocenters. The first-order valence-corrected chi connectivity index (χ1v) is 8.95. The number of hydrogen-bond acceptors (Lipinski definition) is 7. The summed E-state index contributed by atoms with van der Waals surface area (Å²) in [6.45, 7) is 2.91. The normalized spacial score (nSPS) is 18.7. The van der Waals surface area contributed by atoms with Crippen molar-refractivity contribution in [2.24, 2.45) is 5.92 Å². The van der Waals surface area contributed by atoms with Crippen molar-refractivity contribution in [2.45, 2.75) is 32.2 Å². The number of amides is 1. The van der Waals surface area contributed by atoms with Crippen LogP contribution >= 0.6 is 0 Å². The van der Waals surface area contributed by atoms with Crippen molar-refractivity contribution in [2.75, 3.05) is 32.2 Å². The Morgan fingerprint density at radius 3 is 2.78 bits per heavy atom. The molecule has 0 spiro atoms. The standard InChI is InChI=1S/C18H25N3O6/c1-3-27-18(23)13-4-6-14(10-13)20-17(22)12-5-7-15(19-8-9-26-2)16(11-12)21(24)25/h5,7,11,13-14,19H,3-4,6,8-10H2,1-2H3,(H,20,22)/t13-,14-/m0/s1. The van der Waals surface area contributed by atoms with E-state index in [1.807, 2.05) is 0 Å². The molecule has 2 N–H and O–H groups in total. The van der Waals surface area contributed by atoms with E-state index in [2.05, 4.69) is 10.6 Å². The fourth-order valence-electron chi connectivity index (χ4n) is 3.12. The summed E-state index contributed by atoms with van der Waals surface area (Å²) in [5, 5.41) is 17.1. The Morgan fingerprint density at radius 2 is 2.11 bits per heavy atom. The van der Waals surface area contributed by atoms with E-state index in [-0.39, 0.29) is 29.2 Å². The molecular formula is C18H25N3O6. The number of benzene rings is 1. The minimum atomic E-state index is -0.529. The van der Waals surface area contributed by atoms with E-state index >= 15 is 0 Å². The minimum absolute atomic E-state index is 0.148. The highest BCUT2D eigenvalue weighted by Crippen LogP contribution is 2.28. The lowest BCUT2D eigenvalue weighted by atomic mass is 10.1. The van der Waals surface area contributed by atoms with Gasteiger partial charge in [0.25, 0.3) is 11.6 Å². The largest absolute Gasteiger partial charge is 0.466 e. The summed E-state index contributed by atoms with van der Waals surface area (Å²) in [6.07, 6.45) is 1.85. The summed E-state index contributed by atoms with van der Waals surface area (Å²) in [5.74, 6) is -0.843. The number of nitro groups is 1. The number of nitro benzene ring substituents is 1. The Balaban J connectivity index is 2.01. The highest BCUT2D eigenvalue weighted by Gasteiger charge is 2.32. The van der Waals surface area contributed by atoms with Gasteiger partial charge in [0.15, 0.2) is 0 Å². The van der Waals surface area contributed by atoms with Crippen LogP contribution in [0.5, 0.6) is 0 Å². The molecule has 1 aromatic carbocycles. The van der Waals surface area contributed by atoms with Gasteiger partial charge < -0.3 is 20.1 Å². The van der Waals surface area contributed by atoms with Crippen molar-refractivity contribution in [1.82, 2.24) is 5.32 Å². The molecule has 1 aliphatic carbocycles. The molecule has 0 saturated heterocycles. The zero-order chi connectivity index (χ0) is 19.8. The maximum Gasteiger partial charge on any atom is 0.308 e. The van der Waals surface area contributed by atoms with E-state index in [0.29, 0.717) is 44.7 Å². The lowest BCUT2D eigenvalue weighted by molar-refractivity contribution is -0.384. The van der Waals surface area contributed by atoms with Gasteiger partial charge in [0.05, 0.1) is 24.1 Å². The maximum absolute atomic E-state index is 12.5. The summed E-state index contributed by atoms with van der Waals surface area (Å²) in [4.78, 5) is 35.0. The quantitative estimate of drug-likeness (QED) is 0.292. The third kappa shape index (κ3) is 5.65. The van der Waals surface area contributed by atoms with Gasteiger partial charge in [-0.1, -0.05) is 0 Å². The second-order valence-electron chi connectivity index (χ2n) is 6.34. The van der Waals surface area contributed by atoms with Crippen LogP contribution in [0.4, 0.5) is 11.4 Å². The monoisotopic (exact) mass is 379 g/mol. The molecule has 1 aliphatic rings. The van der Waals surface area contributed by atoms with Crippen LogP contribution in [-0.4, -0.2) is 49.7 Å². The van der Waals surface area contributed by atoms with Gasteiger partial charge >= 0.3 is 5.97 Å². The van der Waals surface area contributed by atoms with E-state index in [4.69, 9.17) is 9.47 Å². The van der Waals surface area contributed by atoms with E-state index in [1.165, 1.54) is 18.2 Å². The van der Waals surface area contributed by atoms with Crippen LogP contribution in [-0.2, 0) is 14.3 Å². The predicted octanol–water partition coefficient (Wildman–Crippen LogP) is 2.11. The number of hydrogen-bond donors (Lipinski definition) is 2. The Labute approximate surface area is 157 Å². The van der Waals surface area contributed by atoms with Crippen molar-refractivity contribution in [3.05, 3.63) is 33.9 Å². The third-order valence-corrected chi connectivity index (χ3v) is 4.47. The van der Waals surface area contributed by atoms with Gasteiger partial charge in [-0.15, -0.1) is 0 Å². The molecule has 1 amide bonds. The smallest absolute Gasteiger partial charge is 0.308 e. The summed E-state index contributed by atoms with van der Waals surface area (Å²) >= 11 is 0. The number of nitrogens with one attached hydrogen (secondary N) is 2. The van der Waals surface area contributed by atoms with Crippen LogP contribution in [0.2, 0.25) is 0 Å². The molecule has 1 fully saturated rings. The summed E-state index contributed by atoms with van der Waals surface area (Å²) in [7, 11) is 1.54. The molecule has 9 nitrogen and oxygen atoms in total. The number of esters is 1. The highest BCUT2D eigenvalue weighted by atomic mass is 16.6. The van der Waals surface area contributed by atoms with Crippen molar-refractivity contribution in [3.63, 3.8) is 0 Å². The third-order valence-electron chi connectivity index (χ3n) is 4.47. The molecule has 2 rings (SSSR count). The summed E-state index contributed by atoms with van der Waals surface area (Å²) < 4.78 is 9.93. The van der Waals surface area contributed by atoms with Gasteiger partial charge in [0.1, 0.15) is 5.69 Å². The van der Waals surface area contributed by atoms with Gasteiger partial charge in [-0.2, -0.15) is 0 Å². The van der Waals surface area contributed by atoms with E-state index in [1.54, 1.807) is 14.0 Å². The van der Waals surface area contributed by atoms with Gasteiger partial charge in [0.2, 0.25) is 0 Å². The number of anilines is 1. The zero-order valence-electron chi connectivity index (χ0n) is 15.5. The molecule has 1 aromatic rings. The molecule has 0 radical (unpaired) electrons.